The lowest BCUT2D eigenvalue weighted by Gasteiger charge is -2.22. The van der Waals surface area contributed by atoms with Crippen LogP contribution in [0.3, 0.4) is 0 Å². The van der Waals surface area contributed by atoms with Crippen LogP contribution in [-0.4, -0.2) is 42.2 Å². The Kier molecular flexibility index (Phi) is 7.43. The molecule has 2 aromatic rings. The van der Waals surface area contributed by atoms with Gasteiger partial charge in [-0.2, -0.15) is 0 Å². The number of hydrogen-bond donors (Lipinski definition) is 3. The van der Waals surface area contributed by atoms with E-state index in [0.29, 0.717) is 42.2 Å². The molecule has 4 rings (SSSR count). The van der Waals surface area contributed by atoms with Gasteiger partial charge in [-0.1, -0.05) is 26.0 Å². The molecule has 2 aliphatic heterocycles. The summed E-state index contributed by atoms with van der Waals surface area (Å²) in [6.45, 7) is 7.35. The number of amides is 2. The molecule has 34 heavy (non-hydrogen) atoms. The highest BCUT2D eigenvalue weighted by Crippen LogP contribution is 2.29. The average Bonchev–Trinajstić information content (AvgIpc) is 3.00. The number of fused-ring (bicyclic) bond motifs is 2. The van der Waals surface area contributed by atoms with Crippen molar-refractivity contribution in [1.82, 2.24) is 10.2 Å². The number of nitrogens with two attached hydrogens (primary N) is 1. The number of aliphatic imine (C=N–C) groups is 1. The highest BCUT2D eigenvalue weighted by atomic mass is 16.2. The summed E-state index contributed by atoms with van der Waals surface area (Å²) in [6, 6.07) is 11.4. The van der Waals surface area contributed by atoms with Gasteiger partial charge >= 0.3 is 0 Å². The van der Waals surface area contributed by atoms with Gasteiger partial charge in [0, 0.05) is 48.4 Å². The largest absolute Gasteiger partial charge is 0.387 e. The zero-order valence-electron chi connectivity index (χ0n) is 20.0. The van der Waals surface area contributed by atoms with E-state index in [-0.39, 0.29) is 11.8 Å². The molecule has 2 aromatic carbocycles. The molecule has 2 aliphatic rings. The lowest BCUT2D eigenvalue weighted by atomic mass is 10.0. The fraction of sp³-hybridized carbons (Fsp3) is 0.370. The van der Waals surface area contributed by atoms with E-state index in [1.165, 1.54) is 11.1 Å². The highest BCUT2D eigenvalue weighted by molar-refractivity contribution is 6.08. The van der Waals surface area contributed by atoms with Crippen LogP contribution in [0.4, 0.5) is 11.4 Å². The first-order valence-electron chi connectivity index (χ1n) is 12.1. The Morgan fingerprint density at radius 3 is 2.65 bits per heavy atom. The minimum Gasteiger partial charge on any atom is -0.387 e. The summed E-state index contributed by atoms with van der Waals surface area (Å²) >= 11 is 0. The summed E-state index contributed by atoms with van der Waals surface area (Å²) in [5, 5.41) is 6.35. The molecular weight excluding hydrogens is 426 g/mol. The number of nitrogens with one attached hydrogen (secondary N) is 2. The van der Waals surface area contributed by atoms with E-state index >= 15 is 0 Å². The molecule has 0 saturated heterocycles. The van der Waals surface area contributed by atoms with Gasteiger partial charge < -0.3 is 21.3 Å². The minimum absolute atomic E-state index is 0.00146. The Morgan fingerprint density at radius 2 is 1.88 bits per heavy atom. The Hall–Kier alpha value is -3.45. The van der Waals surface area contributed by atoms with E-state index < -0.39 is 0 Å². The predicted molar refractivity (Wildman–Crippen MR) is 137 cm³/mol. The lowest BCUT2D eigenvalue weighted by Crippen LogP contribution is -2.34. The van der Waals surface area contributed by atoms with Crippen LogP contribution in [0.5, 0.6) is 0 Å². The van der Waals surface area contributed by atoms with Crippen LogP contribution in [-0.2, 0) is 17.8 Å². The molecule has 0 bridgehead atoms. The lowest BCUT2D eigenvalue weighted by molar-refractivity contribution is -0.127. The van der Waals surface area contributed by atoms with E-state index in [0.717, 1.165) is 43.6 Å². The van der Waals surface area contributed by atoms with E-state index in [1.807, 2.05) is 29.2 Å². The van der Waals surface area contributed by atoms with Crippen molar-refractivity contribution in [3.63, 3.8) is 0 Å². The maximum Gasteiger partial charge on any atom is 0.255 e. The molecular formula is C27H33N5O2. The molecule has 0 saturated carbocycles. The topological polar surface area (TPSA) is 99.8 Å². The number of carbonyl (C=O) groups excluding carboxylic acids is 2. The van der Waals surface area contributed by atoms with Crippen molar-refractivity contribution >= 4 is 35.1 Å². The first-order chi connectivity index (χ1) is 16.5. The average molecular weight is 460 g/mol. The van der Waals surface area contributed by atoms with Gasteiger partial charge in [0.2, 0.25) is 5.91 Å². The molecule has 7 nitrogen and oxygen atoms in total. The van der Waals surface area contributed by atoms with Crippen LogP contribution in [0.25, 0.3) is 6.08 Å². The smallest absolute Gasteiger partial charge is 0.255 e. The van der Waals surface area contributed by atoms with Crippen molar-refractivity contribution < 1.29 is 9.59 Å². The second kappa shape index (κ2) is 10.7. The van der Waals surface area contributed by atoms with E-state index in [4.69, 9.17) is 5.73 Å². The standard InChI is InChI=1S/C27H33N5O2/c1-3-11-32(12-4-2)27(34)21-13-19-5-6-20(15-24(19)31-25(28)16-21)26(33)30-23-8-7-18-9-10-29-17-22(18)14-23/h5-8,13-15,29H,3-4,9-12,16-17H2,1-2H3,(H2,28,31)(H,30,33). The number of benzene rings is 2. The van der Waals surface area contributed by atoms with Gasteiger partial charge in [0.05, 0.1) is 5.69 Å². The Labute approximate surface area is 201 Å². The van der Waals surface area contributed by atoms with Gasteiger partial charge in [-0.05, 0) is 67.3 Å². The Morgan fingerprint density at radius 1 is 1.09 bits per heavy atom. The Balaban J connectivity index is 1.56. The number of carbonyl (C=O) groups is 2. The number of nitrogens with zero attached hydrogens (tertiary/aromatic N) is 2. The summed E-state index contributed by atoms with van der Waals surface area (Å²) in [5.74, 6) is 0.159. The molecule has 0 atom stereocenters. The Bertz CT molecular complexity index is 1150. The molecule has 0 spiro atoms. The molecule has 0 aliphatic carbocycles. The third kappa shape index (κ3) is 5.37. The molecule has 0 unspecified atom stereocenters. The number of hydrogen-bond acceptors (Lipinski definition) is 5. The van der Waals surface area contributed by atoms with Crippen LogP contribution >= 0.6 is 0 Å². The van der Waals surface area contributed by atoms with Gasteiger partial charge in [-0.25, -0.2) is 4.99 Å². The van der Waals surface area contributed by atoms with Gasteiger partial charge in [0.25, 0.3) is 5.91 Å². The molecule has 0 fully saturated rings. The zero-order valence-corrected chi connectivity index (χ0v) is 20.0. The van der Waals surface area contributed by atoms with E-state index in [2.05, 4.69) is 35.5 Å². The molecule has 7 heteroatoms. The van der Waals surface area contributed by atoms with E-state index in [1.54, 1.807) is 12.1 Å². The molecule has 0 aromatic heterocycles. The van der Waals surface area contributed by atoms with Gasteiger partial charge in [-0.15, -0.1) is 0 Å². The maximum atomic E-state index is 13.1. The molecule has 2 heterocycles. The summed E-state index contributed by atoms with van der Waals surface area (Å²) in [5.41, 5.74) is 12.0. The van der Waals surface area contributed by atoms with Crippen molar-refractivity contribution in [3.8, 4) is 0 Å². The SMILES string of the molecule is CCCN(CCC)C(=O)C1=Cc2ccc(C(=O)Nc3ccc4c(c3)CNCC4)cc2N=C(N)C1. The fourth-order valence-corrected chi connectivity index (χ4v) is 4.49. The second-order valence-corrected chi connectivity index (χ2v) is 8.88. The van der Waals surface area contributed by atoms with Crippen molar-refractivity contribution in [2.45, 2.75) is 46.1 Å². The summed E-state index contributed by atoms with van der Waals surface area (Å²) < 4.78 is 0. The molecule has 2 amide bonds. The normalized spacial score (nSPS) is 14.8. The van der Waals surface area contributed by atoms with Crippen molar-refractivity contribution in [3.05, 3.63) is 64.2 Å². The first-order valence-corrected chi connectivity index (χ1v) is 12.1. The van der Waals surface area contributed by atoms with Crippen molar-refractivity contribution in [1.29, 1.82) is 0 Å². The monoisotopic (exact) mass is 459 g/mol. The second-order valence-electron chi connectivity index (χ2n) is 8.88. The number of rotatable bonds is 7. The third-order valence-corrected chi connectivity index (χ3v) is 6.16. The molecule has 178 valence electrons. The summed E-state index contributed by atoms with van der Waals surface area (Å²) in [7, 11) is 0. The van der Waals surface area contributed by atoms with Crippen LogP contribution in [0, 0.1) is 0 Å². The fourth-order valence-electron chi connectivity index (χ4n) is 4.49. The van der Waals surface area contributed by atoms with Gasteiger partial charge in [0.1, 0.15) is 5.84 Å². The van der Waals surface area contributed by atoms with Crippen LogP contribution in [0.1, 0.15) is 60.2 Å². The van der Waals surface area contributed by atoms with Gasteiger partial charge in [0.15, 0.2) is 0 Å². The zero-order chi connectivity index (χ0) is 24.1. The third-order valence-electron chi connectivity index (χ3n) is 6.16. The quantitative estimate of drug-likeness (QED) is 0.582. The van der Waals surface area contributed by atoms with Crippen molar-refractivity contribution in [2.75, 3.05) is 25.0 Å². The maximum absolute atomic E-state index is 13.1. The first kappa shape index (κ1) is 23.7. The molecule has 4 N–H and O–H groups in total. The van der Waals surface area contributed by atoms with Crippen LogP contribution in [0.2, 0.25) is 0 Å². The van der Waals surface area contributed by atoms with Crippen LogP contribution in [0.15, 0.2) is 47.0 Å². The van der Waals surface area contributed by atoms with Gasteiger partial charge in [-0.3, -0.25) is 9.59 Å². The highest BCUT2D eigenvalue weighted by Gasteiger charge is 2.21. The number of amidine groups is 1. The number of anilines is 1. The predicted octanol–water partition coefficient (Wildman–Crippen LogP) is 4.01. The minimum atomic E-state index is -0.207. The summed E-state index contributed by atoms with van der Waals surface area (Å²) in [6.07, 6.45) is 4.96. The van der Waals surface area contributed by atoms with Crippen molar-refractivity contribution in [2.24, 2.45) is 10.7 Å². The molecule has 0 radical (unpaired) electrons. The van der Waals surface area contributed by atoms with E-state index in [9.17, 15) is 9.59 Å². The summed E-state index contributed by atoms with van der Waals surface area (Å²) in [4.78, 5) is 32.5. The van der Waals surface area contributed by atoms with Crippen LogP contribution < -0.4 is 16.4 Å².